The molecule has 0 amide bonds. The van der Waals surface area contributed by atoms with Crippen molar-refractivity contribution in [3.63, 3.8) is 0 Å². The van der Waals surface area contributed by atoms with Gasteiger partial charge in [0.2, 0.25) is 0 Å². The first-order valence-corrected chi connectivity index (χ1v) is 9.23. The maximum atomic E-state index is 5.18. The molecular weight excluding hydrogens is 318 g/mol. The number of nitrogens with zero attached hydrogens (tertiary/aromatic N) is 1. The van der Waals surface area contributed by atoms with Gasteiger partial charge in [-0.25, -0.2) is 0 Å². The lowest BCUT2D eigenvalue weighted by atomic mass is 10.1. The summed E-state index contributed by atoms with van der Waals surface area (Å²) in [7, 11) is 3.55. The molecule has 4 heteroatoms. The lowest BCUT2D eigenvalue weighted by Crippen LogP contribution is -2.30. The van der Waals surface area contributed by atoms with E-state index in [4.69, 9.17) is 9.47 Å². The third-order valence-corrected chi connectivity index (χ3v) is 4.10. The van der Waals surface area contributed by atoms with Gasteiger partial charge in [-0.1, -0.05) is 48.0 Å². The summed E-state index contributed by atoms with van der Waals surface area (Å²) in [5, 5.41) is 1.16. The number of hydrogen-bond donors (Lipinski definition) is 0. The molecule has 0 rings (SSSR count). The van der Waals surface area contributed by atoms with Crippen molar-refractivity contribution in [3.8, 4) is 0 Å². The molecule has 0 radical (unpaired) electrons. The van der Waals surface area contributed by atoms with E-state index in [0.29, 0.717) is 0 Å². The fourth-order valence-electron chi connectivity index (χ4n) is 2.30. The third kappa shape index (κ3) is 14.8. The van der Waals surface area contributed by atoms with Gasteiger partial charge in [-0.05, 0) is 25.8 Å². The highest BCUT2D eigenvalue weighted by molar-refractivity contribution is 9.09. The average Bonchev–Trinajstić information content (AvgIpc) is 2.47. The van der Waals surface area contributed by atoms with Gasteiger partial charge < -0.3 is 14.4 Å². The van der Waals surface area contributed by atoms with Gasteiger partial charge in [-0.2, -0.15) is 0 Å². The van der Waals surface area contributed by atoms with Gasteiger partial charge in [0.1, 0.15) is 0 Å². The van der Waals surface area contributed by atoms with Crippen LogP contribution in [0.1, 0.15) is 51.4 Å². The first-order chi connectivity index (χ1) is 9.85. The molecule has 0 N–H and O–H groups in total. The Morgan fingerprint density at radius 3 is 1.80 bits per heavy atom. The summed E-state index contributed by atoms with van der Waals surface area (Å²) in [6, 6.07) is 0. The van der Waals surface area contributed by atoms with Crippen molar-refractivity contribution in [2.75, 3.05) is 52.4 Å². The highest BCUT2D eigenvalue weighted by atomic mass is 79.9. The minimum absolute atomic E-state index is 0.833. The molecule has 0 saturated heterocycles. The van der Waals surface area contributed by atoms with Crippen LogP contribution in [0.3, 0.4) is 0 Å². The summed E-state index contributed by atoms with van der Waals surface area (Å²) in [6.45, 7) is 5.07. The lowest BCUT2D eigenvalue weighted by molar-refractivity contribution is 0.131. The van der Waals surface area contributed by atoms with Crippen LogP contribution in [0.2, 0.25) is 0 Å². The average molecular weight is 352 g/mol. The molecule has 0 aliphatic carbocycles. The van der Waals surface area contributed by atoms with Crippen LogP contribution in [0.25, 0.3) is 0 Å². The van der Waals surface area contributed by atoms with E-state index in [-0.39, 0.29) is 0 Å². The molecule has 0 aromatic carbocycles. The Morgan fingerprint density at radius 2 is 1.20 bits per heavy atom. The summed E-state index contributed by atoms with van der Waals surface area (Å²) >= 11 is 3.48. The first kappa shape index (κ1) is 20.4. The molecule has 122 valence electrons. The second-order valence-electron chi connectivity index (χ2n) is 5.34. The van der Waals surface area contributed by atoms with Crippen molar-refractivity contribution in [1.29, 1.82) is 0 Å². The number of hydrogen-bond acceptors (Lipinski definition) is 3. The Bertz CT molecular complexity index is 182. The summed E-state index contributed by atoms with van der Waals surface area (Å²) in [5.41, 5.74) is 0. The maximum Gasteiger partial charge on any atom is 0.0589 e. The van der Waals surface area contributed by atoms with Crippen molar-refractivity contribution in [2.24, 2.45) is 0 Å². The Hall–Kier alpha value is 0.360. The zero-order valence-electron chi connectivity index (χ0n) is 13.5. The topological polar surface area (TPSA) is 21.7 Å². The number of methoxy groups -OCH3 is 2. The monoisotopic (exact) mass is 351 g/mol. The van der Waals surface area contributed by atoms with Crippen LogP contribution in [0, 0.1) is 0 Å². The number of rotatable bonds is 16. The second-order valence-corrected chi connectivity index (χ2v) is 6.14. The van der Waals surface area contributed by atoms with Crippen LogP contribution in [-0.2, 0) is 9.47 Å². The van der Waals surface area contributed by atoms with E-state index in [1.54, 1.807) is 14.2 Å². The molecule has 0 spiro atoms. The van der Waals surface area contributed by atoms with Crippen LogP contribution in [0.4, 0.5) is 0 Å². The maximum absolute atomic E-state index is 5.18. The smallest absolute Gasteiger partial charge is 0.0589 e. The number of ether oxygens (including phenoxy) is 2. The molecule has 0 saturated carbocycles. The normalized spacial score (nSPS) is 11.4. The lowest BCUT2D eigenvalue weighted by Gasteiger charge is -2.21. The van der Waals surface area contributed by atoms with Crippen molar-refractivity contribution in [1.82, 2.24) is 4.90 Å². The SMILES string of the molecule is COCCCN(CCCCCCCCCBr)CCOC. The Balaban J connectivity index is 3.46. The predicted molar refractivity (Wildman–Crippen MR) is 90.9 cm³/mol. The van der Waals surface area contributed by atoms with E-state index in [2.05, 4.69) is 20.8 Å². The summed E-state index contributed by atoms with van der Waals surface area (Å²) in [4.78, 5) is 2.51. The quantitative estimate of drug-likeness (QED) is 0.308. The van der Waals surface area contributed by atoms with Crippen molar-refractivity contribution in [3.05, 3.63) is 0 Å². The van der Waals surface area contributed by atoms with E-state index in [1.807, 2.05) is 0 Å². The predicted octanol–water partition coefficient (Wildman–Crippen LogP) is 4.10. The van der Waals surface area contributed by atoms with Crippen LogP contribution in [0.5, 0.6) is 0 Å². The van der Waals surface area contributed by atoms with Gasteiger partial charge in [0.25, 0.3) is 0 Å². The van der Waals surface area contributed by atoms with Crippen molar-refractivity contribution in [2.45, 2.75) is 51.4 Å². The van der Waals surface area contributed by atoms with E-state index in [9.17, 15) is 0 Å². The molecule has 0 fully saturated rings. The highest BCUT2D eigenvalue weighted by Gasteiger charge is 2.04. The van der Waals surface area contributed by atoms with Crippen LogP contribution in [-0.4, -0.2) is 57.3 Å². The molecule has 20 heavy (non-hydrogen) atoms. The molecule has 0 unspecified atom stereocenters. The molecular formula is C16H34BrNO2. The van der Waals surface area contributed by atoms with E-state index >= 15 is 0 Å². The zero-order valence-corrected chi connectivity index (χ0v) is 15.1. The fourth-order valence-corrected chi connectivity index (χ4v) is 2.70. The highest BCUT2D eigenvalue weighted by Crippen LogP contribution is 2.08. The van der Waals surface area contributed by atoms with Gasteiger partial charge in [-0.3, -0.25) is 0 Å². The van der Waals surface area contributed by atoms with E-state index < -0.39 is 0 Å². The van der Waals surface area contributed by atoms with Crippen LogP contribution >= 0.6 is 15.9 Å². The van der Waals surface area contributed by atoms with Crippen molar-refractivity contribution >= 4 is 15.9 Å². The number of halogens is 1. The molecule has 3 nitrogen and oxygen atoms in total. The second kappa shape index (κ2) is 17.4. The molecule has 0 atom stereocenters. The molecule has 0 bridgehead atoms. The minimum atomic E-state index is 0.833. The molecule has 0 aromatic heterocycles. The van der Waals surface area contributed by atoms with Gasteiger partial charge >= 0.3 is 0 Å². The van der Waals surface area contributed by atoms with E-state index in [1.165, 1.54) is 51.5 Å². The zero-order chi connectivity index (χ0) is 14.9. The standard InChI is InChI=1S/C16H34BrNO2/c1-19-15-10-13-18(14-16-20-2)12-9-7-5-3-4-6-8-11-17/h3-16H2,1-2H3. The molecule has 0 aliphatic heterocycles. The Labute approximate surface area is 134 Å². The van der Waals surface area contributed by atoms with Gasteiger partial charge in [0.05, 0.1) is 6.61 Å². The fraction of sp³-hybridized carbons (Fsp3) is 1.00. The van der Waals surface area contributed by atoms with Gasteiger partial charge in [0.15, 0.2) is 0 Å². The summed E-state index contributed by atoms with van der Waals surface area (Å²) in [6.07, 6.45) is 10.7. The number of alkyl halides is 1. The summed E-state index contributed by atoms with van der Waals surface area (Å²) in [5.74, 6) is 0. The largest absolute Gasteiger partial charge is 0.385 e. The molecule has 0 heterocycles. The van der Waals surface area contributed by atoms with Gasteiger partial charge in [-0.15, -0.1) is 0 Å². The van der Waals surface area contributed by atoms with E-state index in [0.717, 1.165) is 38.1 Å². The van der Waals surface area contributed by atoms with Crippen molar-refractivity contribution < 1.29 is 9.47 Å². The van der Waals surface area contributed by atoms with Gasteiger partial charge in [0, 0.05) is 39.2 Å². The number of unbranched alkanes of at least 4 members (excludes halogenated alkanes) is 6. The minimum Gasteiger partial charge on any atom is -0.385 e. The van der Waals surface area contributed by atoms with Crippen LogP contribution in [0.15, 0.2) is 0 Å². The Morgan fingerprint density at radius 1 is 0.650 bits per heavy atom. The molecule has 0 aliphatic rings. The summed E-state index contributed by atoms with van der Waals surface area (Å²) < 4.78 is 10.3. The molecule has 0 aromatic rings. The van der Waals surface area contributed by atoms with Crippen LogP contribution < -0.4 is 0 Å². The third-order valence-electron chi connectivity index (χ3n) is 3.54. The Kier molecular flexibility index (Phi) is 17.7. The first-order valence-electron chi connectivity index (χ1n) is 8.11.